The Bertz CT molecular complexity index is 421. The van der Waals surface area contributed by atoms with Crippen molar-refractivity contribution in [2.75, 3.05) is 24.4 Å². The molecule has 0 saturated carbocycles. The molecular formula is C12H18N2O3S2. The fraction of sp³-hybridized carbons (Fsp3) is 0.583. The number of ether oxygens (including phenoxy) is 1. The largest absolute Gasteiger partial charge is 0.469 e. The quantitative estimate of drug-likeness (QED) is 0.746. The number of anilines is 1. The molecule has 0 atom stereocenters. The molecule has 7 heteroatoms. The van der Waals surface area contributed by atoms with Gasteiger partial charge in [0.1, 0.15) is 0 Å². The molecule has 1 aromatic rings. The summed E-state index contributed by atoms with van der Waals surface area (Å²) < 4.78 is 4.57. The first kappa shape index (κ1) is 16.0. The average molecular weight is 302 g/mol. The highest BCUT2D eigenvalue weighted by Gasteiger charge is 2.07. The first-order valence-electron chi connectivity index (χ1n) is 5.95. The molecule has 1 aromatic heterocycles. The molecule has 0 radical (unpaired) electrons. The summed E-state index contributed by atoms with van der Waals surface area (Å²) in [6.07, 6.45) is 4.28. The lowest BCUT2D eigenvalue weighted by molar-refractivity contribution is -0.140. The standard InChI is InChI=1S/C12H18N2O3S2/c1-17-11(16)5-3-4-9-8-19-12(13-9)14-10(15)6-7-18-2/h8H,3-7H2,1-2H3,(H,13,14,15). The van der Waals surface area contributed by atoms with Gasteiger partial charge in [-0.1, -0.05) is 0 Å². The SMILES string of the molecule is COC(=O)CCCc1csc(NC(=O)CCSC)n1. The van der Waals surface area contributed by atoms with Gasteiger partial charge in [0.15, 0.2) is 5.13 Å². The van der Waals surface area contributed by atoms with Crippen LogP contribution in [0.4, 0.5) is 5.13 Å². The second-order valence-corrected chi connectivity index (χ2v) is 5.71. The predicted molar refractivity (Wildman–Crippen MR) is 78.7 cm³/mol. The third kappa shape index (κ3) is 6.58. The zero-order valence-electron chi connectivity index (χ0n) is 11.1. The number of esters is 1. The molecule has 0 aliphatic carbocycles. The molecule has 0 spiro atoms. The number of nitrogens with one attached hydrogen (secondary N) is 1. The maximum Gasteiger partial charge on any atom is 0.305 e. The third-order valence-electron chi connectivity index (χ3n) is 2.37. The van der Waals surface area contributed by atoms with Gasteiger partial charge in [0.05, 0.1) is 12.8 Å². The van der Waals surface area contributed by atoms with E-state index in [1.165, 1.54) is 18.4 Å². The Balaban J connectivity index is 2.31. The van der Waals surface area contributed by atoms with Gasteiger partial charge in [-0.2, -0.15) is 11.8 Å². The molecular weight excluding hydrogens is 284 g/mol. The van der Waals surface area contributed by atoms with Crippen molar-refractivity contribution in [2.45, 2.75) is 25.7 Å². The van der Waals surface area contributed by atoms with Gasteiger partial charge in [0.25, 0.3) is 0 Å². The van der Waals surface area contributed by atoms with Crippen LogP contribution in [0.25, 0.3) is 0 Å². The van der Waals surface area contributed by atoms with Crippen LogP contribution in [0.1, 0.15) is 25.0 Å². The van der Waals surface area contributed by atoms with E-state index in [1.54, 1.807) is 11.8 Å². The molecule has 1 rings (SSSR count). The highest BCUT2D eigenvalue weighted by molar-refractivity contribution is 7.98. The molecule has 0 aromatic carbocycles. The Labute approximate surface area is 121 Å². The molecule has 0 saturated heterocycles. The highest BCUT2D eigenvalue weighted by atomic mass is 32.2. The van der Waals surface area contributed by atoms with E-state index >= 15 is 0 Å². The second kappa shape index (κ2) is 8.92. The number of rotatable bonds is 8. The Hall–Kier alpha value is -1.08. The van der Waals surface area contributed by atoms with E-state index < -0.39 is 0 Å². The fourth-order valence-electron chi connectivity index (χ4n) is 1.37. The highest BCUT2D eigenvalue weighted by Crippen LogP contribution is 2.17. The van der Waals surface area contributed by atoms with Gasteiger partial charge < -0.3 is 10.1 Å². The summed E-state index contributed by atoms with van der Waals surface area (Å²) in [4.78, 5) is 26.8. The van der Waals surface area contributed by atoms with Crippen molar-refractivity contribution < 1.29 is 14.3 Å². The number of aromatic nitrogens is 1. The second-order valence-electron chi connectivity index (χ2n) is 3.86. The molecule has 1 N–H and O–H groups in total. The molecule has 5 nitrogen and oxygen atoms in total. The van der Waals surface area contributed by atoms with Gasteiger partial charge in [-0.3, -0.25) is 9.59 Å². The van der Waals surface area contributed by atoms with Gasteiger partial charge in [-0.15, -0.1) is 11.3 Å². The Morgan fingerprint density at radius 2 is 2.26 bits per heavy atom. The zero-order chi connectivity index (χ0) is 14.1. The number of nitrogens with zero attached hydrogens (tertiary/aromatic N) is 1. The summed E-state index contributed by atoms with van der Waals surface area (Å²) in [6, 6.07) is 0. The topological polar surface area (TPSA) is 68.3 Å². The molecule has 106 valence electrons. The zero-order valence-corrected chi connectivity index (χ0v) is 12.7. The monoisotopic (exact) mass is 302 g/mol. The molecule has 0 bridgehead atoms. The van der Waals surface area contributed by atoms with Crippen LogP contribution in [0.15, 0.2) is 5.38 Å². The van der Waals surface area contributed by atoms with Crippen LogP contribution in [0.5, 0.6) is 0 Å². The lowest BCUT2D eigenvalue weighted by Crippen LogP contribution is -2.11. The minimum Gasteiger partial charge on any atom is -0.469 e. The third-order valence-corrected chi connectivity index (χ3v) is 3.79. The van der Waals surface area contributed by atoms with Crippen molar-refractivity contribution in [3.05, 3.63) is 11.1 Å². The Kier molecular flexibility index (Phi) is 7.50. The molecule has 1 amide bonds. The van der Waals surface area contributed by atoms with Crippen LogP contribution in [0.3, 0.4) is 0 Å². The molecule has 0 aliphatic rings. The van der Waals surface area contributed by atoms with Gasteiger partial charge >= 0.3 is 5.97 Å². The summed E-state index contributed by atoms with van der Waals surface area (Å²) in [5.74, 6) is 0.592. The van der Waals surface area contributed by atoms with Gasteiger partial charge in [0.2, 0.25) is 5.91 Å². The van der Waals surface area contributed by atoms with Gasteiger partial charge in [0, 0.05) is 24.0 Å². The number of amides is 1. The first-order valence-corrected chi connectivity index (χ1v) is 8.23. The molecule has 1 heterocycles. The van der Waals surface area contributed by atoms with E-state index in [0.717, 1.165) is 11.4 Å². The van der Waals surface area contributed by atoms with Crippen LogP contribution in [0, 0.1) is 0 Å². The van der Waals surface area contributed by atoms with Crippen molar-refractivity contribution in [3.63, 3.8) is 0 Å². The fourth-order valence-corrected chi connectivity index (χ4v) is 2.52. The van der Waals surface area contributed by atoms with Crippen molar-refractivity contribution in [3.8, 4) is 0 Å². The van der Waals surface area contributed by atoms with E-state index in [4.69, 9.17) is 0 Å². The maximum absolute atomic E-state index is 11.5. The van der Waals surface area contributed by atoms with E-state index in [1.807, 2.05) is 11.6 Å². The Morgan fingerprint density at radius 1 is 1.47 bits per heavy atom. The van der Waals surface area contributed by atoms with Crippen LogP contribution in [-0.2, 0) is 20.7 Å². The van der Waals surface area contributed by atoms with Crippen molar-refractivity contribution >= 4 is 40.1 Å². The number of hydrogen-bond acceptors (Lipinski definition) is 6. The summed E-state index contributed by atoms with van der Waals surface area (Å²) in [7, 11) is 1.38. The number of carbonyl (C=O) groups is 2. The normalized spacial score (nSPS) is 10.2. The molecule has 19 heavy (non-hydrogen) atoms. The van der Waals surface area contributed by atoms with Crippen LogP contribution < -0.4 is 5.32 Å². The lowest BCUT2D eigenvalue weighted by atomic mass is 10.2. The van der Waals surface area contributed by atoms with Crippen LogP contribution in [0.2, 0.25) is 0 Å². The summed E-state index contributed by atoms with van der Waals surface area (Å²) >= 11 is 3.05. The van der Waals surface area contributed by atoms with Crippen molar-refractivity contribution in [1.29, 1.82) is 0 Å². The summed E-state index contributed by atoms with van der Waals surface area (Å²) in [5.41, 5.74) is 0.897. The molecule has 0 aliphatic heterocycles. The average Bonchev–Trinajstić information content (AvgIpc) is 2.83. The van der Waals surface area contributed by atoms with Gasteiger partial charge in [-0.25, -0.2) is 4.98 Å². The lowest BCUT2D eigenvalue weighted by Gasteiger charge is -2.00. The van der Waals surface area contributed by atoms with E-state index in [2.05, 4.69) is 15.0 Å². The summed E-state index contributed by atoms with van der Waals surface area (Å²) in [5, 5.41) is 5.30. The predicted octanol–water partition coefficient (Wildman–Crippen LogP) is 2.33. The van der Waals surface area contributed by atoms with E-state index in [9.17, 15) is 9.59 Å². The van der Waals surface area contributed by atoms with Gasteiger partial charge in [-0.05, 0) is 19.1 Å². The number of carbonyl (C=O) groups excluding carboxylic acids is 2. The number of aryl methyl sites for hydroxylation is 1. The minimum atomic E-state index is -0.208. The van der Waals surface area contributed by atoms with Crippen molar-refractivity contribution in [2.24, 2.45) is 0 Å². The number of thioether (sulfide) groups is 1. The number of hydrogen-bond donors (Lipinski definition) is 1. The number of methoxy groups -OCH3 is 1. The molecule has 0 unspecified atom stereocenters. The number of thiazole rings is 1. The van der Waals surface area contributed by atoms with Crippen LogP contribution >= 0.6 is 23.1 Å². The maximum atomic E-state index is 11.5. The molecule has 0 fully saturated rings. The summed E-state index contributed by atoms with van der Waals surface area (Å²) in [6.45, 7) is 0. The first-order chi connectivity index (χ1) is 9.15. The smallest absolute Gasteiger partial charge is 0.305 e. The minimum absolute atomic E-state index is 0.00943. The van der Waals surface area contributed by atoms with Crippen LogP contribution in [-0.4, -0.2) is 36.0 Å². The van der Waals surface area contributed by atoms with E-state index in [-0.39, 0.29) is 11.9 Å². The van der Waals surface area contributed by atoms with E-state index in [0.29, 0.717) is 30.8 Å². The van der Waals surface area contributed by atoms with Crippen molar-refractivity contribution in [1.82, 2.24) is 4.98 Å². The Morgan fingerprint density at radius 3 is 2.95 bits per heavy atom.